The van der Waals surface area contributed by atoms with Gasteiger partial charge >= 0.3 is 0 Å². The second kappa shape index (κ2) is 14.3. The average molecular weight is 478 g/mol. The van der Waals surface area contributed by atoms with Crippen molar-refractivity contribution in [2.45, 2.75) is 44.6 Å². The molecule has 0 saturated carbocycles. The molecule has 0 amide bonds. The zero-order chi connectivity index (χ0) is 17.7. The van der Waals surface area contributed by atoms with Crippen LogP contribution in [0.2, 0.25) is 0 Å². The molecular formula is C19H35IN4O2. The topological polar surface area (TPSA) is 62.0 Å². The number of furan rings is 1. The Morgan fingerprint density at radius 2 is 2.04 bits per heavy atom. The smallest absolute Gasteiger partial charge is 0.191 e. The van der Waals surface area contributed by atoms with Crippen molar-refractivity contribution in [3.8, 4) is 0 Å². The van der Waals surface area contributed by atoms with Crippen LogP contribution in [-0.4, -0.2) is 57.8 Å². The first kappa shape index (κ1) is 23.2. The Labute approximate surface area is 175 Å². The average Bonchev–Trinajstić information content (AvgIpc) is 3.18. The van der Waals surface area contributed by atoms with E-state index in [1.807, 2.05) is 13.1 Å². The highest BCUT2D eigenvalue weighted by atomic mass is 127. The van der Waals surface area contributed by atoms with Crippen molar-refractivity contribution in [1.29, 1.82) is 0 Å². The summed E-state index contributed by atoms with van der Waals surface area (Å²) in [5.41, 5.74) is 0. The minimum Gasteiger partial charge on any atom is -0.468 e. The maximum absolute atomic E-state index is 5.70. The number of aliphatic imine (C=N–C) groups is 1. The highest BCUT2D eigenvalue weighted by molar-refractivity contribution is 14.0. The summed E-state index contributed by atoms with van der Waals surface area (Å²) in [5.74, 6) is 1.89. The standard InChI is InChI=1S/C19H34N4O2.HI/c1-20-19(21-11-5-3-8-14-24-2)22-16-17(18-10-9-15-25-18)23-12-6-4-7-13-23;/h9-10,15,17H,3-8,11-14,16H2,1-2H3,(H2,20,21,22);1H. The summed E-state index contributed by atoms with van der Waals surface area (Å²) in [6.45, 7) is 4.85. The van der Waals surface area contributed by atoms with Gasteiger partial charge in [0.15, 0.2) is 5.96 Å². The van der Waals surface area contributed by atoms with E-state index in [9.17, 15) is 0 Å². The summed E-state index contributed by atoms with van der Waals surface area (Å²) < 4.78 is 10.8. The molecule has 0 radical (unpaired) electrons. The van der Waals surface area contributed by atoms with Gasteiger partial charge in [-0.1, -0.05) is 6.42 Å². The Bertz CT molecular complexity index is 476. The Hall–Kier alpha value is -0.800. The lowest BCUT2D eigenvalue weighted by molar-refractivity contribution is 0.146. The van der Waals surface area contributed by atoms with E-state index in [1.54, 1.807) is 13.4 Å². The second-order valence-corrected chi connectivity index (χ2v) is 6.56. The van der Waals surface area contributed by atoms with Crippen LogP contribution in [0.25, 0.3) is 0 Å². The van der Waals surface area contributed by atoms with Gasteiger partial charge in [-0.25, -0.2) is 0 Å². The van der Waals surface area contributed by atoms with Gasteiger partial charge in [-0.05, 0) is 57.3 Å². The molecule has 2 rings (SSSR count). The number of unbranched alkanes of at least 4 members (excludes halogenated alkanes) is 2. The fourth-order valence-electron chi connectivity index (χ4n) is 3.29. The number of guanidine groups is 1. The fourth-order valence-corrected chi connectivity index (χ4v) is 3.29. The molecule has 1 fully saturated rings. The quantitative estimate of drug-likeness (QED) is 0.234. The third kappa shape index (κ3) is 8.26. The first-order valence-corrected chi connectivity index (χ1v) is 9.56. The predicted molar refractivity (Wildman–Crippen MR) is 117 cm³/mol. The van der Waals surface area contributed by atoms with Crippen LogP contribution in [0, 0.1) is 0 Å². The number of hydrogen-bond donors (Lipinski definition) is 2. The van der Waals surface area contributed by atoms with Crippen LogP contribution >= 0.6 is 24.0 Å². The van der Waals surface area contributed by atoms with Gasteiger partial charge in [0.05, 0.1) is 12.3 Å². The van der Waals surface area contributed by atoms with Crippen molar-refractivity contribution in [3.05, 3.63) is 24.2 Å². The van der Waals surface area contributed by atoms with Crippen LogP contribution in [0.5, 0.6) is 0 Å². The summed E-state index contributed by atoms with van der Waals surface area (Å²) in [4.78, 5) is 6.86. The molecule has 2 N–H and O–H groups in total. The Morgan fingerprint density at radius 1 is 1.23 bits per heavy atom. The van der Waals surface area contributed by atoms with Crippen LogP contribution < -0.4 is 10.6 Å². The molecule has 1 unspecified atom stereocenters. The number of likely N-dealkylation sites (tertiary alicyclic amines) is 1. The minimum atomic E-state index is 0. The van der Waals surface area contributed by atoms with Gasteiger partial charge in [-0.2, -0.15) is 0 Å². The van der Waals surface area contributed by atoms with E-state index in [1.165, 1.54) is 25.7 Å². The Balaban J connectivity index is 0.00000338. The normalized spacial score (nSPS) is 16.8. The molecule has 150 valence electrons. The van der Waals surface area contributed by atoms with Crippen molar-refractivity contribution < 1.29 is 9.15 Å². The molecule has 1 aliphatic heterocycles. The van der Waals surface area contributed by atoms with Crippen molar-refractivity contribution in [2.75, 3.05) is 46.9 Å². The van der Waals surface area contributed by atoms with E-state index in [4.69, 9.17) is 9.15 Å². The number of rotatable bonds is 10. The largest absolute Gasteiger partial charge is 0.468 e. The lowest BCUT2D eigenvalue weighted by Gasteiger charge is -2.33. The SMILES string of the molecule is CN=C(NCCCCCOC)NCC(c1ccco1)N1CCCCC1.I. The number of methoxy groups -OCH3 is 1. The van der Waals surface area contributed by atoms with E-state index in [0.29, 0.717) is 0 Å². The monoisotopic (exact) mass is 478 g/mol. The molecule has 26 heavy (non-hydrogen) atoms. The molecule has 1 aromatic heterocycles. The zero-order valence-corrected chi connectivity index (χ0v) is 18.5. The van der Waals surface area contributed by atoms with Crippen LogP contribution in [0.4, 0.5) is 0 Å². The fraction of sp³-hybridized carbons (Fsp3) is 0.737. The molecule has 1 aromatic rings. The summed E-state index contributed by atoms with van der Waals surface area (Å²) >= 11 is 0. The molecule has 2 heterocycles. The highest BCUT2D eigenvalue weighted by Gasteiger charge is 2.24. The van der Waals surface area contributed by atoms with Crippen LogP contribution in [0.3, 0.4) is 0 Å². The summed E-state index contributed by atoms with van der Waals surface area (Å²) in [6, 6.07) is 4.31. The molecule has 1 saturated heterocycles. The van der Waals surface area contributed by atoms with E-state index >= 15 is 0 Å². The van der Waals surface area contributed by atoms with E-state index in [2.05, 4.69) is 26.6 Å². The molecule has 0 bridgehead atoms. The van der Waals surface area contributed by atoms with Gasteiger partial charge in [-0.15, -0.1) is 24.0 Å². The van der Waals surface area contributed by atoms with Gasteiger partial charge in [0.1, 0.15) is 5.76 Å². The molecule has 1 aliphatic rings. The van der Waals surface area contributed by atoms with E-state index < -0.39 is 0 Å². The minimum absolute atomic E-state index is 0. The molecule has 0 spiro atoms. The summed E-state index contributed by atoms with van der Waals surface area (Å²) in [7, 11) is 3.57. The first-order chi connectivity index (χ1) is 12.3. The van der Waals surface area contributed by atoms with Crippen molar-refractivity contribution in [3.63, 3.8) is 0 Å². The highest BCUT2D eigenvalue weighted by Crippen LogP contribution is 2.24. The van der Waals surface area contributed by atoms with Crippen LogP contribution in [0.15, 0.2) is 27.8 Å². The number of hydrogen-bond acceptors (Lipinski definition) is 4. The number of halogens is 1. The first-order valence-electron chi connectivity index (χ1n) is 9.56. The summed E-state index contributed by atoms with van der Waals surface area (Å²) in [5, 5.41) is 6.87. The van der Waals surface area contributed by atoms with Crippen LogP contribution in [-0.2, 0) is 4.74 Å². The van der Waals surface area contributed by atoms with Gasteiger partial charge in [0.25, 0.3) is 0 Å². The third-order valence-electron chi connectivity index (χ3n) is 4.71. The molecule has 6 nitrogen and oxygen atoms in total. The maximum Gasteiger partial charge on any atom is 0.191 e. The van der Waals surface area contributed by atoms with Crippen molar-refractivity contribution >= 4 is 29.9 Å². The predicted octanol–water partition coefficient (Wildman–Crippen LogP) is 3.41. The molecule has 0 aromatic carbocycles. The number of piperidine rings is 1. The Morgan fingerprint density at radius 3 is 2.69 bits per heavy atom. The summed E-state index contributed by atoms with van der Waals surface area (Å²) in [6.07, 6.45) is 9.04. The van der Waals surface area contributed by atoms with Crippen LogP contribution in [0.1, 0.15) is 50.3 Å². The molecule has 7 heteroatoms. The zero-order valence-electron chi connectivity index (χ0n) is 16.2. The van der Waals surface area contributed by atoms with Gasteiger partial charge in [0, 0.05) is 33.9 Å². The maximum atomic E-state index is 5.70. The number of nitrogens with one attached hydrogen (secondary N) is 2. The lowest BCUT2D eigenvalue weighted by atomic mass is 10.1. The molecular weight excluding hydrogens is 443 g/mol. The van der Waals surface area contributed by atoms with Gasteiger partial charge in [-0.3, -0.25) is 9.89 Å². The van der Waals surface area contributed by atoms with Crippen molar-refractivity contribution in [1.82, 2.24) is 15.5 Å². The molecule has 1 atom stereocenters. The number of ether oxygens (including phenoxy) is 1. The molecule has 0 aliphatic carbocycles. The number of nitrogens with zero attached hydrogens (tertiary/aromatic N) is 2. The van der Waals surface area contributed by atoms with Gasteiger partial charge in [0.2, 0.25) is 0 Å². The van der Waals surface area contributed by atoms with Crippen molar-refractivity contribution in [2.24, 2.45) is 4.99 Å². The second-order valence-electron chi connectivity index (χ2n) is 6.56. The van der Waals surface area contributed by atoms with E-state index in [-0.39, 0.29) is 30.0 Å². The lowest BCUT2D eigenvalue weighted by Crippen LogP contribution is -2.44. The van der Waals surface area contributed by atoms with E-state index in [0.717, 1.165) is 57.3 Å². The Kier molecular flexibility index (Phi) is 12.8. The van der Waals surface area contributed by atoms with Gasteiger partial charge < -0.3 is 19.8 Å². The third-order valence-corrected chi connectivity index (χ3v) is 4.71.